The SMILES string of the molecule is CC1(C)c2ccccc2-c2cc3c4ccccc4n(-c4ccc(-c5nc(C6=CC=CCC6)nc(-c6ccccc6)n5)cc4)c3cc21. The minimum atomic E-state index is -0.0678. The molecule has 220 valence electrons. The Morgan fingerprint density at radius 3 is 2.07 bits per heavy atom. The number of para-hydroxylation sites is 1. The molecule has 4 nitrogen and oxygen atoms in total. The highest BCUT2D eigenvalue weighted by Gasteiger charge is 2.36. The molecular weight excluding hydrogens is 560 g/mol. The lowest BCUT2D eigenvalue weighted by atomic mass is 9.82. The molecule has 0 atom stereocenters. The summed E-state index contributed by atoms with van der Waals surface area (Å²) in [6.45, 7) is 4.69. The number of benzene rings is 5. The van der Waals surface area contributed by atoms with Gasteiger partial charge in [0.05, 0.1) is 11.0 Å². The molecule has 0 spiro atoms. The summed E-state index contributed by atoms with van der Waals surface area (Å²) in [5, 5.41) is 2.53. The lowest BCUT2D eigenvalue weighted by Gasteiger charge is -2.21. The molecule has 0 unspecified atom stereocenters. The van der Waals surface area contributed by atoms with Crippen molar-refractivity contribution in [2.75, 3.05) is 0 Å². The highest BCUT2D eigenvalue weighted by molar-refractivity contribution is 6.11. The number of allylic oxidation sites excluding steroid dienone is 4. The van der Waals surface area contributed by atoms with Crippen molar-refractivity contribution >= 4 is 27.4 Å². The second kappa shape index (κ2) is 10.2. The number of rotatable bonds is 4. The highest BCUT2D eigenvalue weighted by Crippen LogP contribution is 2.51. The third kappa shape index (κ3) is 4.10. The molecule has 46 heavy (non-hydrogen) atoms. The van der Waals surface area contributed by atoms with Crippen LogP contribution < -0.4 is 0 Å². The van der Waals surface area contributed by atoms with E-state index in [9.17, 15) is 0 Å². The van der Waals surface area contributed by atoms with Crippen molar-refractivity contribution in [1.82, 2.24) is 19.5 Å². The van der Waals surface area contributed by atoms with Crippen LogP contribution >= 0.6 is 0 Å². The predicted molar refractivity (Wildman–Crippen MR) is 189 cm³/mol. The van der Waals surface area contributed by atoms with Crippen molar-refractivity contribution in [3.05, 3.63) is 150 Å². The van der Waals surface area contributed by atoms with Crippen LogP contribution in [0.15, 0.2) is 133 Å². The monoisotopic (exact) mass is 592 g/mol. The van der Waals surface area contributed by atoms with Crippen LogP contribution in [0.3, 0.4) is 0 Å². The van der Waals surface area contributed by atoms with Crippen LogP contribution in [-0.2, 0) is 5.41 Å². The summed E-state index contributed by atoms with van der Waals surface area (Å²) in [5.41, 5.74) is 12.0. The maximum absolute atomic E-state index is 4.99. The standard InChI is InChI=1S/C42H32N4/c1-42(2)35-19-11-9-17-31(35)33-25-34-32-18-10-12-20-37(32)46(38(34)26-36(33)42)30-23-21-29(22-24-30)41-44-39(27-13-5-3-6-14-27)43-40(45-41)28-15-7-4-8-16-28/h3-7,9-15,17-26H,8,16H2,1-2H3. The fourth-order valence-corrected chi connectivity index (χ4v) is 7.35. The molecule has 2 heterocycles. The highest BCUT2D eigenvalue weighted by atomic mass is 15.0. The lowest BCUT2D eigenvalue weighted by molar-refractivity contribution is 0.661. The van der Waals surface area contributed by atoms with E-state index < -0.39 is 0 Å². The van der Waals surface area contributed by atoms with E-state index in [1.165, 1.54) is 44.1 Å². The van der Waals surface area contributed by atoms with Gasteiger partial charge in [-0.15, -0.1) is 0 Å². The third-order valence-electron chi connectivity index (χ3n) is 9.73. The number of fused-ring (bicyclic) bond motifs is 6. The summed E-state index contributed by atoms with van der Waals surface area (Å²) < 4.78 is 2.40. The molecule has 0 bridgehead atoms. The Balaban J connectivity index is 1.19. The van der Waals surface area contributed by atoms with Gasteiger partial charge in [-0.2, -0.15) is 0 Å². The average Bonchev–Trinajstić information content (AvgIpc) is 3.56. The van der Waals surface area contributed by atoms with Gasteiger partial charge in [-0.1, -0.05) is 105 Å². The zero-order valence-corrected chi connectivity index (χ0v) is 25.9. The molecule has 0 amide bonds. The topological polar surface area (TPSA) is 43.6 Å². The van der Waals surface area contributed by atoms with Gasteiger partial charge < -0.3 is 4.57 Å². The number of nitrogens with zero attached hydrogens (tertiary/aromatic N) is 4. The Hall–Kier alpha value is -5.61. The van der Waals surface area contributed by atoms with Gasteiger partial charge in [-0.25, -0.2) is 15.0 Å². The average molecular weight is 593 g/mol. The Morgan fingerprint density at radius 1 is 0.587 bits per heavy atom. The van der Waals surface area contributed by atoms with E-state index in [2.05, 4.69) is 134 Å². The van der Waals surface area contributed by atoms with Crippen molar-refractivity contribution in [2.45, 2.75) is 32.1 Å². The van der Waals surface area contributed by atoms with E-state index >= 15 is 0 Å². The fraction of sp³-hybridized carbons (Fsp3) is 0.119. The molecule has 2 aromatic heterocycles. The zero-order valence-electron chi connectivity index (χ0n) is 25.9. The van der Waals surface area contributed by atoms with Gasteiger partial charge in [0.25, 0.3) is 0 Å². The summed E-state index contributed by atoms with van der Waals surface area (Å²) in [6, 6.07) is 41.3. The van der Waals surface area contributed by atoms with Crippen LogP contribution in [0.4, 0.5) is 0 Å². The molecule has 0 saturated heterocycles. The number of hydrogen-bond acceptors (Lipinski definition) is 3. The van der Waals surface area contributed by atoms with Crippen molar-refractivity contribution in [3.8, 4) is 39.6 Å². The van der Waals surface area contributed by atoms with E-state index in [0.717, 1.165) is 41.1 Å². The Morgan fingerprint density at radius 2 is 1.28 bits per heavy atom. The van der Waals surface area contributed by atoms with Gasteiger partial charge in [0.1, 0.15) is 0 Å². The van der Waals surface area contributed by atoms with Gasteiger partial charge in [-0.05, 0) is 83.1 Å². The number of aromatic nitrogens is 4. The normalized spacial score (nSPS) is 14.8. The summed E-state index contributed by atoms with van der Waals surface area (Å²) >= 11 is 0. The van der Waals surface area contributed by atoms with Crippen molar-refractivity contribution in [2.24, 2.45) is 0 Å². The first-order valence-corrected chi connectivity index (χ1v) is 16.0. The van der Waals surface area contributed by atoms with Crippen LogP contribution in [-0.4, -0.2) is 19.5 Å². The van der Waals surface area contributed by atoms with Gasteiger partial charge in [0, 0.05) is 33.0 Å². The van der Waals surface area contributed by atoms with Crippen molar-refractivity contribution in [1.29, 1.82) is 0 Å². The summed E-state index contributed by atoms with van der Waals surface area (Å²) in [5.74, 6) is 2.13. The minimum absolute atomic E-state index is 0.0678. The molecule has 4 heteroatoms. The zero-order chi connectivity index (χ0) is 30.8. The van der Waals surface area contributed by atoms with E-state index in [0.29, 0.717) is 11.6 Å². The molecule has 2 aliphatic rings. The first-order valence-electron chi connectivity index (χ1n) is 16.0. The van der Waals surface area contributed by atoms with E-state index in [1.807, 2.05) is 18.2 Å². The predicted octanol–water partition coefficient (Wildman–Crippen LogP) is 10.3. The van der Waals surface area contributed by atoms with Gasteiger partial charge in [-0.3, -0.25) is 0 Å². The molecule has 7 aromatic rings. The second-order valence-corrected chi connectivity index (χ2v) is 12.8. The largest absolute Gasteiger partial charge is 0.309 e. The summed E-state index contributed by atoms with van der Waals surface area (Å²) in [6.07, 6.45) is 8.32. The quantitative estimate of drug-likeness (QED) is 0.204. The molecular formula is C42H32N4. The Bertz CT molecular complexity index is 2370. The van der Waals surface area contributed by atoms with Crippen molar-refractivity contribution < 1.29 is 0 Å². The third-order valence-corrected chi connectivity index (χ3v) is 9.73. The van der Waals surface area contributed by atoms with Gasteiger partial charge >= 0.3 is 0 Å². The molecule has 0 N–H and O–H groups in total. The van der Waals surface area contributed by atoms with E-state index in [-0.39, 0.29) is 5.41 Å². The molecule has 2 aliphatic carbocycles. The molecule has 0 saturated carbocycles. The van der Waals surface area contributed by atoms with E-state index in [4.69, 9.17) is 15.0 Å². The first kappa shape index (κ1) is 26.8. The smallest absolute Gasteiger partial charge is 0.164 e. The fourth-order valence-electron chi connectivity index (χ4n) is 7.35. The van der Waals surface area contributed by atoms with Gasteiger partial charge in [0.15, 0.2) is 17.5 Å². The maximum atomic E-state index is 4.99. The molecule has 0 aliphatic heterocycles. The Labute approximate surface area is 268 Å². The molecule has 0 radical (unpaired) electrons. The molecule has 0 fully saturated rings. The number of hydrogen-bond donors (Lipinski definition) is 0. The Kier molecular flexibility index (Phi) is 5.94. The summed E-state index contributed by atoms with van der Waals surface area (Å²) in [4.78, 5) is 14.9. The summed E-state index contributed by atoms with van der Waals surface area (Å²) in [7, 11) is 0. The maximum Gasteiger partial charge on any atom is 0.164 e. The minimum Gasteiger partial charge on any atom is -0.309 e. The lowest BCUT2D eigenvalue weighted by Crippen LogP contribution is -2.14. The van der Waals surface area contributed by atoms with Crippen molar-refractivity contribution in [3.63, 3.8) is 0 Å². The molecule has 5 aromatic carbocycles. The van der Waals surface area contributed by atoms with Crippen LogP contribution in [0, 0.1) is 0 Å². The van der Waals surface area contributed by atoms with Crippen LogP contribution in [0.25, 0.3) is 67.0 Å². The van der Waals surface area contributed by atoms with Gasteiger partial charge in [0.2, 0.25) is 0 Å². The first-order chi connectivity index (χ1) is 22.6. The van der Waals surface area contributed by atoms with Crippen LogP contribution in [0.5, 0.6) is 0 Å². The van der Waals surface area contributed by atoms with E-state index in [1.54, 1.807) is 0 Å². The van der Waals surface area contributed by atoms with Crippen LogP contribution in [0.2, 0.25) is 0 Å². The molecule has 9 rings (SSSR count). The van der Waals surface area contributed by atoms with Crippen LogP contribution in [0.1, 0.15) is 43.6 Å². The second-order valence-electron chi connectivity index (χ2n) is 12.8.